The van der Waals surface area contributed by atoms with Gasteiger partial charge in [-0.3, -0.25) is 9.20 Å². The van der Waals surface area contributed by atoms with Crippen LogP contribution < -0.4 is 10.6 Å². The molecule has 198 valence electrons. The Morgan fingerprint density at radius 3 is 2.46 bits per heavy atom. The van der Waals surface area contributed by atoms with Crippen LogP contribution in [0.5, 0.6) is 0 Å². The molecular weight excluding hydrogens is 524 g/mol. The maximum Gasteiger partial charge on any atom is 0.261 e. The van der Waals surface area contributed by atoms with E-state index in [4.69, 9.17) is 9.97 Å². The monoisotopic (exact) mass is 543 g/mol. The Morgan fingerprint density at radius 2 is 1.63 bits per heavy atom. The minimum atomic E-state index is -0.950. The number of nitrogens with zero attached hydrogens (tertiary/aromatic N) is 5. The molecule has 0 saturated carbocycles. The lowest BCUT2D eigenvalue weighted by molar-refractivity contribution is 0.101. The number of hydrogen-bond acceptors (Lipinski definition) is 6. The maximum atomic E-state index is 14.2. The van der Waals surface area contributed by atoms with Gasteiger partial charge in [0.15, 0.2) is 0 Å². The third-order valence-corrected chi connectivity index (χ3v) is 6.26. The second-order valence-corrected chi connectivity index (χ2v) is 8.95. The minimum Gasteiger partial charge on any atom is -0.324 e. The van der Waals surface area contributed by atoms with Crippen molar-refractivity contribution in [3.63, 3.8) is 0 Å². The molecule has 0 bridgehead atoms. The summed E-state index contributed by atoms with van der Waals surface area (Å²) in [6.07, 6.45) is 3.48. The van der Waals surface area contributed by atoms with Gasteiger partial charge in [-0.15, -0.1) is 0 Å². The molecule has 41 heavy (non-hydrogen) atoms. The predicted octanol–water partition coefficient (Wildman–Crippen LogP) is 6.60. The smallest absolute Gasteiger partial charge is 0.261 e. The van der Waals surface area contributed by atoms with Gasteiger partial charge >= 0.3 is 0 Å². The van der Waals surface area contributed by atoms with Crippen LogP contribution >= 0.6 is 0 Å². The van der Waals surface area contributed by atoms with Crippen molar-refractivity contribution in [2.75, 3.05) is 10.6 Å². The fourth-order valence-corrected chi connectivity index (χ4v) is 4.44. The van der Waals surface area contributed by atoms with Gasteiger partial charge in [0.2, 0.25) is 5.95 Å². The highest BCUT2D eigenvalue weighted by Crippen LogP contribution is 2.33. The molecule has 0 atom stereocenters. The number of anilines is 3. The molecule has 0 saturated heterocycles. The molecule has 3 heterocycles. The summed E-state index contributed by atoms with van der Waals surface area (Å²) in [6, 6.07) is 26.5. The van der Waals surface area contributed by atoms with Gasteiger partial charge in [-0.25, -0.2) is 23.7 Å². The molecule has 0 fully saturated rings. The van der Waals surface area contributed by atoms with E-state index in [0.717, 1.165) is 12.1 Å². The molecule has 8 nitrogen and oxygen atoms in total. The number of carbonyl (C=O) groups is 1. The number of imidazole rings is 1. The van der Waals surface area contributed by atoms with Crippen LogP contribution in [0.4, 0.5) is 26.1 Å². The molecule has 1 amide bonds. The zero-order chi connectivity index (χ0) is 28.3. The van der Waals surface area contributed by atoms with Crippen molar-refractivity contribution < 1.29 is 13.6 Å². The Morgan fingerprint density at radius 1 is 0.854 bits per heavy atom. The van der Waals surface area contributed by atoms with Crippen molar-refractivity contribution in [1.29, 1.82) is 5.26 Å². The second kappa shape index (κ2) is 10.7. The van der Waals surface area contributed by atoms with E-state index in [1.807, 2.05) is 40.9 Å². The van der Waals surface area contributed by atoms with Gasteiger partial charge in [-0.05, 0) is 60.7 Å². The first-order valence-electron chi connectivity index (χ1n) is 12.4. The number of halogens is 2. The molecule has 0 aliphatic rings. The summed E-state index contributed by atoms with van der Waals surface area (Å²) in [4.78, 5) is 26.6. The summed E-state index contributed by atoms with van der Waals surface area (Å²) in [7, 11) is 0. The number of benzene rings is 3. The predicted molar refractivity (Wildman–Crippen MR) is 150 cm³/mol. The highest BCUT2D eigenvalue weighted by atomic mass is 19.1. The third kappa shape index (κ3) is 5.07. The zero-order valence-corrected chi connectivity index (χ0v) is 21.2. The van der Waals surface area contributed by atoms with Crippen molar-refractivity contribution in [1.82, 2.24) is 19.4 Å². The average Bonchev–Trinajstić information content (AvgIpc) is 3.37. The van der Waals surface area contributed by atoms with E-state index in [2.05, 4.69) is 21.7 Å². The number of nitriles is 1. The Bertz CT molecular complexity index is 1960. The van der Waals surface area contributed by atoms with Gasteiger partial charge in [-0.2, -0.15) is 5.26 Å². The fraction of sp³-hybridized carbons (Fsp3) is 0. The lowest BCUT2D eigenvalue weighted by Crippen LogP contribution is -2.15. The first-order valence-corrected chi connectivity index (χ1v) is 12.4. The van der Waals surface area contributed by atoms with E-state index >= 15 is 0 Å². The molecule has 3 aromatic carbocycles. The van der Waals surface area contributed by atoms with Gasteiger partial charge in [-0.1, -0.05) is 30.3 Å². The van der Waals surface area contributed by atoms with E-state index in [1.54, 1.807) is 48.7 Å². The summed E-state index contributed by atoms with van der Waals surface area (Å²) >= 11 is 0. The SMILES string of the molecule is N#Cc1cccc(Nc2nccc(-c3c(-c4cccc(NC(=O)c5c(F)cccc5F)c4)nc4ccccn34)n2)c1. The number of fused-ring (bicyclic) bond motifs is 1. The number of hydrogen-bond donors (Lipinski definition) is 2. The molecular formula is C31H19F2N7O. The molecule has 2 N–H and O–H groups in total. The number of aromatic nitrogens is 4. The zero-order valence-electron chi connectivity index (χ0n) is 21.2. The van der Waals surface area contributed by atoms with E-state index in [0.29, 0.717) is 51.2 Å². The summed E-state index contributed by atoms with van der Waals surface area (Å²) < 4.78 is 30.2. The maximum absolute atomic E-state index is 14.2. The number of nitrogens with one attached hydrogen (secondary N) is 2. The second-order valence-electron chi connectivity index (χ2n) is 8.95. The van der Waals surface area contributed by atoms with Crippen LogP contribution in [0.1, 0.15) is 15.9 Å². The molecule has 0 aliphatic carbocycles. The van der Waals surface area contributed by atoms with Crippen molar-refractivity contribution in [3.05, 3.63) is 126 Å². The van der Waals surface area contributed by atoms with Crippen LogP contribution in [0, 0.1) is 23.0 Å². The Hall–Kier alpha value is -5.95. The van der Waals surface area contributed by atoms with Crippen molar-refractivity contribution in [3.8, 4) is 28.7 Å². The number of pyridine rings is 1. The van der Waals surface area contributed by atoms with Crippen LogP contribution in [0.2, 0.25) is 0 Å². The average molecular weight is 544 g/mol. The first-order chi connectivity index (χ1) is 20.0. The molecule has 3 aromatic heterocycles. The highest BCUT2D eigenvalue weighted by molar-refractivity contribution is 6.05. The molecule has 0 aliphatic heterocycles. The van der Waals surface area contributed by atoms with Crippen LogP contribution in [0.15, 0.2) is 103 Å². The molecule has 10 heteroatoms. The quantitative estimate of drug-likeness (QED) is 0.245. The Kier molecular flexibility index (Phi) is 6.59. The largest absolute Gasteiger partial charge is 0.324 e. The van der Waals surface area contributed by atoms with Crippen molar-refractivity contribution in [2.24, 2.45) is 0 Å². The topological polar surface area (TPSA) is 108 Å². The van der Waals surface area contributed by atoms with Gasteiger partial charge < -0.3 is 10.6 Å². The molecule has 0 unspecified atom stereocenters. The standard InChI is InChI=1S/C31H19F2N7O/c32-23-10-5-11-24(33)27(23)30(41)36-22-9-4-7-20(17-22)28-29(40-15-2-1-12-26(40)39-28)25-13-14-35-31(38-25)37-21-8-3-6-19(16-21)18-34/h1-17H,(H,36,41)(H,35,37,38). The van der Waals surface area contributed by atoms with Gasteiger partial charge in [0.1, 0.15) is 22.8 Å². The number of carbonyl (C=O) groups excluding carboxylic acids is 1. The minimum absolute atomic E-state index is 0.322. The van der Waals surface area contributed by atoms with Crippen LogP contribution in [-0.2, 0) is 0 Å². The van der Waals surface area contributed by atoms with E-state index < -0.39 is 23.1 Å². The lowest BCUT2D eigenvalue weighted by Gasteiger charge is -2.10. The fourth-order valence-electron chi connectivity index (χ4n) is 4.44. The van der Waals surface area contributed by atoms with Gasteiger partial charge in [0.25, 0.3) is 5.91 Å². The summed E-state index contributed by atoms with van der Waals surface area (Å²) in [5.74, 6) is -2.48. The summed E-state index contributed by atoms with van der Waals surface area (Å²) in [6.45, 7) is 0. The van der Waals surface area contributed by atoms with Crippen LogP contribution in [0.3, 0.4) is 0 Å². The summed E-state index contributed by atoms with van der Waals surface area (Å²) in [5, 5.41) is 14.9. The Labute approximate surface area is 232 Å². The van der Waals surface area contributed by atoms with Crippen molar-refractivity contribution >= 4 is 28.9 Å². The van der Waals surface area contributed by atoms with E-state index in [1.165, 1.54) is 6.07 Å². The lowest BCUT2D eigenvalue weighted by atomic mass is 10.1. The van der Waals surface area contributed by atoms with E-state index in [-0.39, 0.29) is 0 Å². The molecule has 6 aromatic rings. The Balaban J connectivity index is 1.39. The normalized spacial score (nSPS) is 10.8. The van der Waals surface area contributed by atoms with Crippen LogP contribution in [0.25, 0.3) is 28.3 Å². The molecule has 0 radical (unpaired) electrons. The van der Waals surface area contributed by atoms with Crippen LogP contribution in [-0.4, -0.2) is 25.3 Å². The molecule has 6 rings (SSSR count). The van der Waals surface area contributed by atoms with E-state index in [9.17, 15) is 18.8 Å². The first kappa shape index (κ1) is 25.3. The molecule has 0 spiro atoms. The highest BCUT2D eigenvalue weighted by Gasteiger charge is 2.20. The summed E-state index contributed by atoms with van der Waals surface area (Å²) in [5.41, 5.74) is 3.94. The van der Waals surface area contributed by atoms with Gasteiger partial charge in [0.05, 0.1) is 28.7 Å². The third-order valence-electron chi connectivity index (χ3n) is 6.26. The van der Waals surface area contributed by atoms with Crippen molar-refractivity contribution in [2.45, 2.75) is 0 Å². The number of amides is 1. The van der Waals surface area contributed by atoms with Gasteiger partial charge in [0, 0.05) is 29.3 Å². The number of rotatable bonds is 6.